The predicted octanol–water partition coefficient (Wildman–Crippen LogP) is 4.79. The van der Waals surface area contributed by atoms with Crippen molar-refractivity contribution in [1.82, 2.24) is 0 Å². The number of rotatable bonds is 2. The van der Waals surface area contributed by atoms with Gasteiger partial charge in [-0.05, 0) is 17.7 Å². The van der Waals surface area contributed by atoms with E-state index in [9.17, 15) is 22.0 Å². The molecule has 100 valence electrons. The minimum atomic E-state index is -1.60. The van der Waals surface area contributed by atoms with Crippen LogP contribution < -0.4 is 0 Å². The van der Waals surface area contributed by atoms with Gasteiger partial charge in [0.1, 0.15) is 5.82 Å². The average molecular weight is 293 g/mol. The molecule has 0 nitrogen and oxygen atoms in total. The van der Waals surface area contributed by atoms with Crippen molar-refractivity contribution in [1.29, 1.82) is 0 Å². The van der Waals surface area contributed by atoms with Gasteiger partial charge in [0.25, 0.3) is 0 Å². The van der Waals surface area contributed by atoms with Crippen LogP contribution in [-0.2, 0) is 5.88 Å². The molecule has 0 amide bonds. The van der Waals surface area contributed by atoms with Gasteiger partial charge in [-0.2, -0.15) is 0 Å². The van der Waals surface area contributed by atoms with Crippen LogP contribution in [0, 0.1) is 29.1 Å². The highest BCUT2D eigenvalue weighted by atomic mass is 35.5. The molecule has 0 unspecified atom stereocenters. The molecule has 0 aromatic heterocycles. The van der Waals surface area contributed by atoms with E-state index in [4.69, 9.17) is 11.6 Å². The van der Waals surface area contributed by atoms with Gasteiger partial charge in [-0.15, -0.1) is 11.6 Å². The Morgan fingerprint density at radius 2 is 1.42 bits per heavy atom. The van der Waals surface area contributed by atoms with Crippen LogP contribution in [0.3, 0.4) is 0 Å². The van der Waals surface area contributed by atoms with Gasteiger partial charge in [-0.25, -0.2) is 22.0 Å². The summed E-state index contributed by atoms with van der Waals surface area (Å²) in [5.41, 5.74) is -2.14. The summed E-state index contributed by atoms with van der Waals surface area (Å²) in [6.45, 7) is 0. The Bertz CT molecular complexity index is 610. The zero-order chi connectivity index (χ0) is 14.2. The fourth-order valence-electron chi connectivity index (χ4n) is 1.69. The van der Waals surface area contributed by atoms with Gasteiger partial charge in [0.15, 0.2) is 23.3 Å². The molecule has 0 aliphatic rings. The van der Waals surface area contributed by atoms with E-state index < -0.39 is 46.1 Å². The maximum atomic E-state index is 13.7. The molecule has 6 heteroatoms. The van der Waals surface area contributed by atoms with Crippen LogP contribution in [0.2, 0.25) is 0 Å². The molecule has 0 spiro atoms. The first kappa shape index (κ1) is 13.8. The summed E-state index contributed by atoms with van der Waals surface area (Å²) in [7, 11) is 0. The molecule has 0 heterocycles. The molecular weight excluding hydrogens is 287 g/mol. The number of halogens is 6. The van der Waals surface area contributed by atoms with E-state index in [0.717, 1.165) is 18.2 Å². The molecule has 0 aliphatic carbocycles. The molecule has 0 aliphatic heterocycles. The second-order valence-corrected chi connectivity index (χ2v) is 4.02. The van der Waals surface area contributed by atoms with E-state index >= 15 is 0 Å². The number of benzene rings is 2. The molecule has 0 atom stereocenters. The van der Waals surface area contributed by atoms with Crippen molar-refractivity contribution in [2.75, 3.05) is 0 Å². The first-order valence-corrected chi connectivity index (χ1v) is 5.67. The van der Waals surface area contributed by atoms with Gasteiger partial charge >= 0.3 is 0 Å². The van der Waals surface area contributed by atoms with Crippen LogP contribution >= 0.6 is 11.6 Å². The first-order chi connectivity index (χ1) is 8.97. The van der Waals surface area contributed by atoms with Gasteiger partial charge in [0.05, 0.1) is 11.4 Å². The second kappa shape index (κ2) is 5.17. The summed E-state index contributed by atoms with van der Waals surface area (Å²) < 4.78 is 67.6. The summed E-state index contributed by atoms with van der Waals surface area (Å²) >= 11 is 5.23. The van der Waals surface area contributed by atoms with Crippen LogP contribution in [0.5, 0.6) is 0 Å². The quantitative estimate of drug-likeness (QED) is 0.424. The Labute approximate surface area is 110 Å². The van der Waals surface area contributed by atoms with Crippen molar-refractivity contribution in [3.63, 3.8) is 0 Å². The van der Waals surface area contributed by atoms with Gasteiger partial charge < -0.3 is 0 Å². The SMILES string of the molecule is Fc1cccc(-c2c(F)c(F)c(CCl)c(F)c2F)c1. The van der Waals surface area contributed by atoms with Gasteiger partial charge in [0, 0.05) is 5.56 Å². The molecule has 0 fully saturated rings. The molecule has 0 radical (unpaired) electrons. The normalized spacial score (nSPS) is 10.8. The zero-order valence-electron chi connectivity index (χ0n) is 9.28. The van der Waals surface area contributed by atoms with E-state index in [1.54, 1.807) is 0 Å². The Hall–Kier alpha value is -1.62. The third-order valence-corrected chi connectivity index (χ3v) is 2.87. The van der Waals surface area contributed by atoms with E-state index in [1.165, 1.54) is 6.07 Å². The number of hydrogen-bond acceptors (Lipinski definition) is 0. The highest BCUT2D eigenvalue weighted by molar-refractivity contribution is 6.17. The molecular formula is C13H6ClF5. The molecule has 0 N–H and O–H groups in total. The van der Waals surface area contributed by atoms with Crippen LogP contribution in [0.15, 0.2) is 24.3 Å². The topological polar surface area (TPSA) is 0 Å². The summed E-state index contributed by atoms with van der Waals surface area (Å²) in [5, 5.41) is 0. The van der Waals surface area contributed by atoms with E-state index in [0.29, 0.717) is 0 Å². The van der Waals surface area contributed by atoms with E-state index in [2.05, 4.69) is 0 Å². The molecule has 2 aromatic carbocycles. The van der Waals surface area contributed by atoms with Crippen molar-refractivity contribution in [2.45, 2.75) is 5.88 Å². The van der Waals surface area contributed by atoms with Crippen LogP contribution in [-0.4, -0.2) is 0 Å². The minimum Gasteiger partial charge on any atom is -0.207 e. The van der Waals surface area contributed by atoms with Gasteiger partial charge in [-0.3, -0.25) is 0 Å². The van der Waals surface area contributed by atoms with Crippen LogP contribution in [0.4, 0.5) is 22.0 Å². The lowest BCUT2D eigenvalue weighted by molar-refractivity contribution is 0.448. The molecule has 0 saturated heterocycles. The second-order valence-electron chi connectivity index (χ2n) is 3.75. The van der Waals surface area contributed by atoms with Gasteiger partial charge in [-0.1, -0.05) is 12.1 Å². The standard InChI is InChI=1S/C13H6ClF5/c14-5-8-10(16)12(18)9(13(19)11(8)17)6-2-1-3-7(15)4-6/h1-4H,5H2. The van der Waals surface area contributed by atoms with Crippen LogP contribution in [0.1, 0.15) is 5.56 Å². The highest BCUT2D eigenvalue weighted by Gasteiger charge is 2.25. The first-order valence-electron chi connectivity index (χ1n) is 5.14. The Kier molecular flexibility index (Phi) is 3.75. The Morgan fingerprint density at radius 1 is 0.842 bits per heavy atom. The van der Waals surface area contributed by atoms with Crippen molar-refractivity contribution in [2.24, 2.45) is 0 Å². The fraction of sp³-hybridized carbons (Fsp3) is 0.0769. The zero-order valence-corrected chi connectivity index (χ0v) is 10.0. The lowest BCUT2D eigenvalue weighted by Crippen LogP contribution is -2.05. The van der Waals surface area contributed by atoms with E-state index in [-0.39, 0.29) is 5.56 Å². The maximum Gasteiger partial charge on any atom is 0.170 e. The smallest absolute Gasteiger partial charge is 0.170 e. The lowest BCUT2D eigenvalue weighted by atomic mass is 10.0. The molecule has 0 saturated carbocycles. The lowest BCUT2D eigenvalue weighted by Gasteiger charge is -2.10. The average Bonchev–Trinajstić information content (AvgIpc) is 2.38. The van der Waals surface area contributed by atoms with Crippen molar-refractivity contribution < 1.29 is 22.0 Å². The Morgan fingerprint density at radius 3 is 1.89 bits per heavy atom. The summed E-state index contributed by atoms with van der Waals surface area (Å²) in [5.74, 6) is -7.84. The molecule has 2 aromatic rings. The Balaban J connectivity index is 2.78. The number of alkyl halides is 1. The summed E-state index contributed by atoms with van der Waals surface area (Å²) in [4.78, 5) is 0. The fourth-order valence-corrected chi connectivity index (χ4v) is 1.93. The van der Waals surface area contributed by atoms with E-state index in [1.807, 2.05) is 0 Å². The van der Waals surface area contributed by atoms with Gasteiger partial charge in [0.2, 0.25) is 0 Å². The maximum absolute atomic E-state index is 13.7. The summed E-state index contributed by atoms with van der Waals surface area (Å²) in [6, 6.07) is 4.14. The summed E-state index contributed by atoms with van der Waals surface area (Å²) in [6.07, 6.45) is 0. The molecule has 2 rings (SSSR count). The minimum absolute atomic E-state index is 0.297. The largest absolute Gasteiger partial charge is 0.207 e. The monoisotopic (exact) mass is 292 g/mol. The molecule has 19 heavy (non-hydrogen) atoms. The predicted molar refractivity (Wildman–Crippen MR) is 61.2 cm³/mol. The highest BCUT2D eigenvalue weighted by Crippen LogP contribution is 2.32. The van der Waals surface area contributed by atoms with Crippen molar-refractivity contribution in [3.05, 3.63) is 58.9 Å². The van der Waals surface area contributed by atoms with Crippen molar-refractivity contribution >= 4 is 11.6 Å². The third kappa shape index (κ3) is 2.30. The molecule has 0 bridgehead atoms. The third-order valence-electron chi connectivity index (χ3n) is 2.60. The van der Waals surface area contributed by atoms with Crippen molar-refractivity contribution in [3.8, 4) is 11.1 Å². The number of hydrogen-bond donors (Lipinski definition) is 0. The van der Waals surface area contributed by atoms with Crippen LogP contribution in [0.25, 0.3) is 11.1 Å².